The lowest BCUT2D eigenvalue weighted by Crippen LogP contribution is -2.28. The predicted molar refractivity (Wildman–Crippen MR) is 63.8 cm³/mol. The van der Waals surface area contributed by atoms with Gasteiger partial charge in [-0.15, -0.1) is 0 Å². The van der Waals surface area contributed by atoms with Crippen LogP contribution in [-0.2, 0) is 16.1 Å². The molecule has 0 bridgehead atoms. The summed E-state index contributed by atoms with van der Waals surface area (Å²) in [4.78, 5) is 24.1. The van der Waals surface area contributed by atoms with E-state index in [2.05, 4.69) is 0 Å². The number of nitrogens with zero attached hydrogens (tertiary/aromatic N) is 1. The van der Waals surface area contributed by atoms with Gasteiger partial charge in [0.15, 0.2) is 0 Å². The van der Waals surface area contributed by atoms with Crippen molar-refractivity contribution in [2.24, 2.45) is 11.8 Å². The smallest absolute Gasteiger partial charge is 0.307 e. The molecule has 1 aliphatic carbocycles. The van der Waals surface area contributed by atoms with Crippen LogP contribution in [0.2, 0.25) is 0 Å². The second kappa shape index (κ2) is 4.68. The zero-order valence-electron chi connectivity index (χ0n) is 10.0. The minimum Gasteiger partial charge on any atom is -0.508 e. The summed E-state index contributed by atoms with van der Waals surface area (Å²) < 4.78 is 0. The Bertz CT molecular complexity index is 486. The van der Waals surface area contributed by atoms with Crippen molar-refractivity contribution in [3.05, 3.63) is 29.8 Å². The minimum absolute atomic E-state index is 0.141. The molecule has 0 heterocycles. The number of phenols is 1. The molecule has 1 fully saturated rings. The first-order valence-corrected chi connectivity index (χ1v) is 5.75. The Morgan fingerprint density at radius 3 is 2.56 bits per heavy atom. The fourth-order valence-corrected chi connectivity index (χ4v) is 2.00. The number of hydrogen-bond donors (Lipinski definition) is 2. The molecule has 18 heavy (non-hydrogen) atoms. The van der Waals surface area contributed by atoms with Crippen LogP contribution in [0.25, 0.3) is 0 Å². The fourth-order valence-electron chi connectivity index (χ4n) is 2.00. The number of carboxylic acids is 1. The first kappa shape index (κ1) is 12.4. The first-order valence-electron chi connectivity index (χ1n) is 5.75. The Hall–Kier alpha value is -2.04. The summed E-state index contributed by atoms with van der Waals surface area (Å²) in [7, 11) is 1.62. The summed E-state index contributed by atoms with van der Waals surface area (Å²) in [5.41, 5.74) is 0.654. The van der Waals surface area contributed by atoms with E-state index in [1.54, 1.807) is 31.3 Å². The van der Waals surface area contributed by atoms with Gasteiger partial charge >= 0.3 is 5.97 Å². The molecule has 1 amide bonds. The Balaban J connectivity index is 1.97. The van der Waals surface area contributed by atoms with Crippen LogP contribution in [0.4, 0.5) is 0 Å². The zero-order valence-corrected chi connectivity index (χ0v) is 10.0. The summed E-state index contributed by atoms with van der Waals surface area (Å²) in [6, 6.07) is 6.79. The maximum atomic E-state index is 11.9. The van der Waals surface area contributed by atoms with E-state index < -0.39 is 17.8 Å². The summed E-state index contributed by atoms with van der Waals surface area (Å²) in [5.74, 6) is -1.89. The predicted octanol–water partition coefficient (Wildman–Crippen LogP) is 1.07. The molecule has 1 aromatic carbocycles. The Morgan fingerprint density at radius 1 is 1.33 bits per heavy atom. The zero-order chi connectivity index (χ0) is 13.3. The SMILES string of the molecule is CN(Cc1ccccc1O)C(=O)C1CC1C(=O)O. The lowest BCUT2D eigenvalue weighted by Gasteiger charge is -2.17. The van der Waals surface area contributed by atoms with E-state index in [9.17, 15) is 14.7 Å². The van der Waals surface area contributed by atoms with E-state index in [0.29, 0.717) is 12.0 Å². The third kappa shape index (κ3) is 2.45. The number of aromatic hydroxyl groups is 1. The van der Waals surface area contributed by atoms with E-state index >= 15 is 0 Å². The molecule has 5 heteroatoms. The van der Waals surface area contributed by atoms with E-state index in [0.717, 1.165) is 0 Å². The molecule has 5 nitrogen and oxygen atoms in total. The average molecular weight is 249 g/mol. The summed E-state index contributed by atoms with van der Waals surface area (Å²) >= 11 is 0. The Labute approximate surface area is 105 Å². The third-order valence-electron chi connectivity index (χ3n) is 3.20. The Morgan fingerprint density at radius 2 is 2.00 bits per heavy atom. The molecule has 1 aliphatic rings. The normalized spacial score (nSPS) is 21.4. The molecular weight excluding hydrogens is 234 g/mol. The van der Waals surface area contributed by atoms with Gasteiger partial charge in [-0.25, -0.2) is 0 Å². The van der Waals surface area contributed by atoms with Crippen molar-refractivity contribution in [1.29, 1.82) is 0 Å². The lowest BCUT2D eigenvalue weighted by molar-refractivity contribution is -0.141. The van der Waals surface area contributed by atoms with Gasteiger partial charge in [-0.2, -0.15) is 0 Å². The topological polar surface area (TPSA) is 77.8 Å². The van der Waals surface area contributed by atoms with Gasteiger partial charge < -0.3 is 15.1 Å². The minimum atomic E-state index is -0.913. The summed E-state index contributed by atoms with van der Waals surface area (Å²) in [6.45, 7) is 0.286. The van der Waals surface area contributed by atoms with Crippen molar-refractivity contribution in [2.45, 2.75) is 13.0 Å². The number of carbonyl (C=O) groups excluding carboxylic acids is 1. The van der Waals surface area contributed by atoms with Gasteiger partial charge in [-0.05, 0) is 12.5 Å². The highest BCUT2D eigenvalue weighted by Gasteiger charge is 2.49. The van der Waals surface area contributed by atoms with Gasteiger partial charge in [-0.3, -0.25) is 9.59 Å². The van der Waals surface area contributed by atoms with Crippen LogP contribution in [0.5, 0.6) is 5.75 Å². The molecule has 2 atom stereocenters. The highest BCUT2D eigenvalue weighted by molar-refractivity contribution is 5.89. The molecule has 0 saturated heterocycles. The maximum absolute atomic E-state index is 11.9. The number of para-hydroxylation sites is 1. The van der Waals surface area contributed by atoms with Gasteiger partial charge in [0, 0.05) is 19.2 Å². The molecule has 2 unspecified atom stereocenters. The van der Waals surface area contributed by atoms with E-state index in [1.165, 1.54) is 4.90 Å². The van der Waals surface area contributed by atoms with Crippen LogP contribution in [0.15, 0.2) is 24.3 Å². The summed E-state index contributed by atoms with van der Waals surface area (Å²) in [5, 5.41) is 18.4. The van der Waals surface area contributed by atoms with Crippen molar-refractivity contribution in [3.8, 4) is 5.75 Å². The number of amides is 1. The number of rotatable bonds is 4. The van der Waals surface area contributed by atoms with E-state index in [1.807, 2.05) is 0 Å². The molecule has 2 N–H and O–H groups in total. The van der Waals surface area contributed by atoms with Crippen molar-refractivity contribution in [2.75, 3.05) is 7.05 Å². The number of carboxylic acid groups (broad SMARTS) is 1. The molecule has 0 radical (unpaired) electrons. The van der Waals surface area contributed by atoms with Crippen LogP contribution in [-0.4, -0.2) is 34.0 Å². The van der Waals surface area contributed by atoms with Gasteiger partial charge in [0.05, 0.1) is 11.8 Å². The average Bonchev–Trinajstić information content (AvgIpc) is 3.11. The molecule has 0 aromatic heterocycles. The van der Waals surface area contributed by atoms with Crippen LogP contribution in [0, 0.1) is 11.8 Å². The van der Waals surface area contributed by atoms with Gasteiger partial charge in [-0.1, -0.05) is 18.2 Å². The monoisotopic (exact) mass is 249 g/mol. The van der Waals surface area contributed by atoms with Crippen molar-refractivity contribution in [1.82, 2.24) is 4.90 Å². The van der Waals surface area contributed by atoms with Gasteiger partial charge in [0.1, 0.15) is 5.75 Å². The molecule has 1 saturated carbocycles. The molecule has 0 aliphatic heterocycles. The number of carbonyl (C=O) groups is 2. The lowest BCUT2D eigenvalue weighted by atomic mass is 10.2. The van der Waals surface area contributed by atoms with Crippen LogP contribution in [0.1, 0.15) is 12.0 Å². The van der Waals surface area contributed by atoms with Crippen molar-refractivity contribution < 1.29 is 19.8 Å². The molecular formula is C13H15NO4. The number of hydrogen-bond acceptors (Lipinski definition) is 3. The highest BCUT2D eigenvalue weighted by atomic mass is 16.4. The Kier molecular flexibility index (Phi) is 3.23. The molecule has 0 spiro atoms. The molecule has 96 valence electrons. The second-order valence-corrected chi connectivity index (χ2v) is 4.61. The summed E-state index contributed by atoms with van der Waals surface area (Å²) in [6.07, 6.45) is 0.416. The third-order valence-corrected chi connectivity index (χ3v) is 3.20. The van der Waals surface area contributed by atoms with E-state index in [-0.39, 0.29) is 18.2 Å². The number of aliphatic carboxylic acids is 1. The molecule has 1 aromatic rings. The quantitative estimate of drug-likeness (QED) is 0.836. The molecule has 2 rings (SSSR count). The number of benzene rings is 1. The van der Waals surface area contributed by atoms with Crippen LogP contribution < -0.4 is 0 Å². The number of phenolic OH excluding ortho intramolecular Hbond substituents is 1. The van der Waals surface area contributed by atoms with E-state index in [4.69, 9.17) is 5.11 Å². The standard InChI is InChI=1S/C13H15NO4/c1-14(7-8-4-2-3-5-11(8)15)12(16)9-6-10(9)13(17)18/h2-5,9-10,15H,6-7H2,1H3,(H,17,18). The van der Waals surface area contributed by atoms with Crippen molar-refractivity contribution in [3.63, 3.8) is 0 Å². The second-order valence-electron chi connectivity index (χ2n) is 4.61. The van der Waals surface area contributed by atoms with Crippen LogP contribution >= 0.6 is 0 Å². The first-order chi connectivity index (χ1) is 8.50. The van der Waals surface area contributed by atoms with Gasteiger partial charge in [0.25, 0.3) is 0 Å². The van der Waals surface area contributed by atoms with Gasteiger partial charge in [0.2, 0.25) is 5.91 Å². The van der Waals surface area contributed by atoms with Crippen LogP contribution in [0.3, 0.4) is 0 Å². The highest BCUT2D eigenvalue weighted by Crippen LogP contribution is 2.40. The largest absolute Gasteiger partial charge is 0.508 e. The fraction of sp³-hybridized carbons (Fsp3) is 0.385. The van der Waals surface area contributed by atoms with Crippen molar-refractivity contribution >= 4 is 11.9 Å². The maximum Gasteiger partial charge on any atom is 0.307 e.